The number of carbonyl (C=O) groups is 2. The Bertz CT molecular complexity index is 219. The number of primary amides is 1. The number of hydrogen-bond donors (Lipinski definition) is 2. The maximum atomic E-state index is 11.1. The molecule has 0 saturated heterocycles. The second-order valence-corrected chi connectivity index (χ2v) is 3.64. The van der Waals surface area contributed by atoms with Crippen LogP contribution in [0.1, 0.15) is 39.5 Å². The van der Waals surface area contributed by atoms with Crippen molar-refractivity contribution in [3.63, 3.8) is 0 Å². The Kier molecular flexibility index (Phi) is 8.52. The van der Waals surface area contributed by atoms with Crippen LogP contribution in [0.2, 0.25) is 0 Å². The molecule has 0 aromatic heterocycles. The molecule has 0 aliphatic rings. The van der Waals surface area contributed by atoms with E-state index in [1.807, 2.05) is 13.8 Å². The van der Waals surface area contributed by atoms with Crippen LogP contribution in [0.3, 0.4) is 0 Å². The highest BCUT2D eigenvalue weighted by atomic mass is 16.5. The molecule has 0 aliphatic carbocycles. The molecule has 0 aliphatic heterocycles. The Balaban J connectivity index is 3.51. The van der Waals surface area contributed by atoms with Gasteiger partial charge in [0.05, 0.1) is 12.6 Å². The van der Waals surface area contributed by atoms with Crippen molar-refractivity contribution in [2.45, 2.75) is 45.6 Å². The summed E-state index contributed by atoms with van der Waals surface area (Å²) in [5.74, 6) is -0.535. The molecule has 1 amide bonds. The lowest BCUT2D eigenvalue weighted by Gasteiger charge is -2.12. The SMILES string of the molecule is CCCOC(=O)CCCN[C@@H](CC)C(N)=O. The largest absolute Gasteiger partial charge is 0.466 e. The van der Waals surface area contributed by atoms with E-state index >= 15 is 0 Å². The fourth-order valence-electron chi connectivity index (χ4n) is 1.24. The number of nitrogens with two attached hydrogens (primary N) is 1. The first-order chi connectivity index (χ1) is 7.61. The molecular formula is C11H22N2O3. The van der Waals surface area contributed by atoms with Gasteiger partial charge < -0.3 is 15.8 Å². The topological polar surface area (TPSA) is 81.4 Å². The molecule has 0 aromatic rings. The van der Waals surface area contributed by atoms with E-state index < -0.39 is 0 Å². The molecule has 0 radical (unpaired) electrons. The molecule has 0 aromatic carbocycles. The summed E-state index contributed by atoms with van der Waals surface area (Å²) in [5.41, 5.74) is 5.16. The van der Waals surface area contributed by atoms with Crippen molar-refractivity contribution in [1.29, 1.82) is 0 Å². The molecule has 0 spiro atoms. The molecule has 16 heavy (non-hydrogen) atoms. The monoisotopic (exact) mass is 230 g/mol. The number of hydrogen-bond acceptors (Lipinski definition) is 4. The Morgan fingerprint density at radius 2 is 2.06 bits per heavy atom. The van der Waals surface area contributed by atoms with Gasteiger partial charge >= 0.3 is 5.97 Å². The Morgan fingerprint density at radius 3 is 2.56 bits per heavy atom. The molecule has 5 heteroatoms. The van der Waals surface area contributed by atoms with Crippen molar-refractivity contribution in [1.82, 2.24) is 5.32 Å². The van der Waals surface area contributed by atoms with Crippen LogP contribution in [-0.4, -0.2) is 31.1 Å². The third-order valence-corrected chi connectivity index (χ3v) is 2.17. The predicted molar refractivity (Wildman–Crippen MR) is 61.8 cm³/mol. The quantitative estimate of drug-likeness (QED) is 0.448. The third-order valence-electron chi connectivity index (χ3n) is 2.17. The van der Waals surface area contributed by atoms with Crippen LogP contribution in [-0.2, 0) is 14.3 Å². The molecule has 94 valence electrons. The molecule has 0 saturated carbocycles. The fourth-order valence-corrected chi connectivity index (χ4v) is 1.24. The average molecular weight is 230 g/mol. The predicted octanol–water partition coefficient (Wildman–Crippen LogP) is 0.573. The first kappa shape index (κ1) is 14.9. The molecule has 3 N–H and O–H groups in total. The minimum atomic E-state index is -0.351. The van der Waals surface area contributed by atoms with E-state index in [1.165, 1.54) is 0 Å². The summed E-state index contributed by atoms with van der Waals surface area (Å²) in [5, 5.41) is 3.00. The zero-order valence-electron chi connectivity index (χ0n) is 10.1. The van der Waals surface area contributed by atoms with Crippen LogP contribution in [0.4, 0.5) is 0 Å². The zero-order valence-corrected chi connectivity index (χ0v) is 10.1. The number of nitrogens with one attached hydrogen (secondary N) is 1. The highest BCUT2D eigenvalue weighted by molar-refractivity contribution is 5.79. The lowest BCUT2D eigenvalue weighted by Crippen LogP contribution is -2.41. The van der Waals surface area contributed by atoms with Gasteiger partial charge in [0, 0.05) is 6.42 Å². The van der Waals surface area contributed by atoms with Gasteiger partial charge in [-0.3, -0.25) is 9.59 Å². The van der Waals surface area contributed by atoms with Crippen LogP contribution in [0.15, 0.2) is 0 Å². The van der Waals surface area contributed by atoms with Gasteiger partial charge in [-0.1, -0.05) is 13.8 Å². The second kappa shape index (κ2) is 9.15. The Labute approximate surface area is 96.7 Å². The molecule has 0 bridgehead atoms. The summed E-state index contributed by atoms with van der Waals surface area (Å²) >= 11 is 0. The normalized spacial score (nSPS) is 12.1. The van der Waals surface area contributed by atoms with E-state index in [4.69, 9.17) is 10.5 Å². The van der Waals surface area contributed by atoms with Crippen molar-refractivity contribution < 1.29 is 14.3 Å². The van der Waals surface area contributed by atoms with Crippen molar-refractivity contribution in [2.75, 3.05) is 13.2 Å². The summed E-state index contributed by atoms with van der Waals surface area (Å²) in [6.45, 7) is 4.92. The first-order valence-corrected chi connectivity index (χ1v) is 5.80. The lowest BCUT2D eigenvalue weighted by atomic mass is 10.2. The summed E-state index contributed by atoms with van der Waals surface area (Å²) in [7, 11) is 0. The summed E-state index contributed by atoms with van der Waals surface area (Å²) in [6, 6.07) is -0.299. The summed E-state index contributed by atoms with van der Waals surface area (Å²) < 4.78 is 4.91. The number of ether oxygens (including phenoxy) is 1. The number of amides is 1. The van der Waals surface area contributed by atoms with Crippen molar-refractivity contribution >= 4 is 11.9 Å². The van der Waals surface area contributed by atoms with Gasteiger partial charge in [-0.2, -0.15) is 0 Å². The minimum absolute atomic E-state index is 0.184. The van der Waals surface area contributed by atoms with Crippen LogP contribution < -0.4 is 11.1 Å². The standard InChI is InChI=1S/C11H22N2O3/c1-3-8-16-10(14)6-5-7-13-9(4-2)11(12)15/h9,13H,3-8H2,1-2H3,(H2,12,15)/t9-/m0/s1. The molecule has 0 heterocycles. The van der Waals surface area contributed by atoms with Gasteiger partial charge in [0.2, 0.25) is 5.91 Å². The first-order valence-electron chi connectivity index (χ1n) is 5.80. The van der Waals surface area contributed by atoms with Crippen LogP contribution in [0.25, 0.3) is 0 Å². The third kappa shape index (κ3) is 7.23. The molecule has 1 atom stereocenters. The number of rotatable bonds is 9. The van der Waals surface area contributed by atoms with Gasteiger partial charge in [0.15, 0.2) is 0 Å². The van der Waals surface area contributed by atoms with Crippen LogP contribution in [0.5, 0.6) is 0 Å². The van der Waals surface area contributed by atoms with Crippen LogP contribution in [0, 0.1) is 0 Å². The van der Waals surface area contributed by atoms with Crippen molar-refractivity contribution in [2.24, 2.45) is 5.73 Å². The van der Waals surface area contributed by atoms with E-state index in [-0.39, 0.29) is 17.9 Å². The second-order valence-electron chi connectivity index (χ2n) is 3.64. The molecule has 0 unspecified atom stereocenters. The maximum absolute atomic E-state index is 11.1. The van der Waals surface area contributed by atoms with Gasteiger partial charge in [-0.25, -0.2) is 0 Å². The van der Waals surface area contributed by atoms with E-state index in [9.17, 15) is 9.59 Å². The summed E-state index contributed by atoms with van der Waals surface area (Å²) in [4.78, 5) is 22.0. The average Bonchev–Trinajstić information content (AvgIpc) is 2.25. The molecular weight excluding hydrogens is 208 g/mol. The highest BCUT2D eigenvalue weighted by Crippen LogP contribution is 1.95. The fraction of sp³-hybridized carbons (Fsp3) is 0.818. The van der Waals surface area contributed by atoms with Gasteiger partial charge in [0.25, 0.3) is 0 Å². The minimum Gasteiger partial charge on any atom is -0.466 e. The van der Waals surface area contributed by atoms with E-state index in [2.05, 4.69) is 5.32 Å². The van der Waals surface area contributed by atoms with Crippen LogP contribution >= 0.6 is 0 Å². The maximum Gasteiger partial charge on any atom is 0.305 e. The molecule has 0 rings (SSSR count). The molecule has 0 fully saturated rings. The van der Waals surface area contributed by atoms with Gasteiger partial charge in [0.1, 0.15) is 0 Å². The highest BCUT2D eigenvalue weighted by Gasteiger charge is 2.11. The van der Waals surface area contributed by atoms with E-state index in [0.717, 1.165) is 6.42 Å². The summed E-state index contributed by atoms with van der Waals surface area (Å²) in [6.07, 6.45) is 2.54. The van der Waals surface area contributed by atoms with Crippen molar-refractivity contribution in [3.8, 4) is 0 Å². The number of carbonyl (C=O) groups excluding carboxylic acids is 2. The lowest BCUT2D eigenvalue weighted by molar-refractivity contribution is -0.143. The molecule has 5 nitrogen and oxygen atoms in total. The Hall–Kier alpha value is -1.10. The van der Waals surface area contributed by atoms with Crippen molar-refractivity contribution in [3.05, 3.63) is 0 Å². The number of esters is 1. The zero-order chi connectivity index (χ0) is 12.4. The smallest absolute Gasteiger partial charge is 0.305 e. The van der Waals surface area contributed by atoms with Gasteiger partial charge in [-0.05, 0) is 25.8 Å². The van der Waals surface area contributed by atoms with Gasteiger partial charge in [-0.15, -0.1) is 0 Å². The Morgan fingerprint density at radius 1 is 1.38 bits per heavy atom. The van der Waals surface area contributed by atoms with E-state index in [1.54, 1.807) is 0 Å². The van der Waals surface area contributed by atoms with E-state index in [0.29, 0.717) is 32.4 Å².